The van der Waals surface area contributed by atoms with Gasteiger partial charge in [-0.25, -0.2) is 4.98 Å². The third kappa shape index (κ3) is 4.42. The molecule has 7 rings (SSSR count). The summed E-state index contributed by atoms with van der Waals surface area (Å²) in [4.78, 5) is 23.4. The van der Waals surface area contributed by atoms with Crippen LogP contribution in [0, 0.1) is 23.7 Å². The number of nitriles is 1. The first kappa shape index (κ1) is 24.9. The number of imidazole rings is 1. The van der Waals surface area contributed by atoms with Gasteiger partial charge in [-0.05, 0) is 67.3 Å². The number of rotatable bonds is 8. The van der Waals surface area contributed by atoms with Crippen molar-refractivity contribution >= 4 is 23.3 Å². The molecule has 3 fully saturated rings. The maximum atomic E-state index is 11.3. The SMILES string of the molecule is Cc1cc(C#N)ccc1COc1cccc(N2CCC3(CC2)CC3c2nc3cc(C=O)oc3n2CC2CCO2)n1. The lowest BCUT2D eigenvalue weighted by atomic mass is 9.90. The zero-order valence-corrected chi connectivity index (χ0v) is 22.5. The van der Waals surface area contributed by atoms with Crippen LogP contribution in [-0.4, -0.2) is 46.6 Å². The van der Waals surface area contributed by atoms with Gasteiger partial charge in [-0.15, -0.1) is 0 Å². The van der Waals surface area contributed by atoms with Crippen LogP contribution in [0.15, 0.2) is 46.9 Å². The fraction of sp³-hybridized carbons (Fsp3) is 0.419. The highest BCUT2D eigenvalue weighted by Gasteiger charge is 2.57. The first-order valence-corrected chi connectivity index (χ1v) is 14.0. The van der Waals surface area contributed by atoms with Gasteiger partial charge in [0.1, 0.15) is 23.8 Å². The number of ether oxygens (including phenoxy) is 2. The third-order valence-corrected chi connectivity index (χ3v) is 8.91. The molecular formula is C31H31N5O4. The van der Waals surface area contributed by atoms with E-state index < -0.39 is 0 Å². The Kier molecular flexibility index (Phi) is 6.08. The van der Waals surface area contributed by atoms with Gasteiger partial charge in [-0.1, -0.05) is 12.1 Å². The number of fused-ring (bicyclic) bond motifs is 1. The molecule has 40 heavy (non-hydrogen) atoms. The maximum absolute atomic E-state index is 11.3. The van der Waals surface area contributed by atoms with Crippen LogP contribution in [0.2, 0.25) is 0 Å². The molecule has 0 radical (unpaired) electrons. The molecule has 204 valence electrons. The minimum absolute atomic E-state index is 0.180. The van der Waals surface area contributed by atoms with Crippen LogP contribution in [0.1, 0.15) is 64.7 Å². The molecule has 9 heteroatoms. The fourth-order valence-corrected chi connectivity index (χ4v) is 6.27. The molecule has 1 aromatic carbocycles. The van der Waals surface area contributed by atoms with Crippen LogP contribution in [-0.2, 0) is 17.9 Å². The first-order valence-electron chi connectivity index (χ1n) is 14.0. The van der Waals surface area contributed by atoms with Crippen molar-refractivity contribution in [2.24, 2.45) is 5.41 Å². The summed E-state index contributed by atoms with van der Waals surface area (Å²) in [5.41, 5.74) is 4.42. The summed E-state index contributed by atoms with van der Waals surface area (Å²) in [6.07, 6.45) is 5.22. The van der Waals surface area contributed by atoms with E-state index in [9.17, 15) is 4.79 Å². The number of aryl methyl sites for hydroxylation is 1. The Morgan fingerprint density at radius 1 is 1.20 bits per heavy atom. The normalized spacial score (nSPS) is 21.2. The quantitative estimate of drug-likeness (QED) is 0.284. The fourth-order valence-electron chi connectivity index (χ4n) is 6.27. The van der Waals surface area contributed by atoms with Crippen molar-refractivity contribution in [1.82, 2.24) is 14.5 Å². The van der Waals surface area contributed by atoms with Gasteiger partial charge >= 0.3 is 0 Å². The third-order valence-electron chi connectivity index (χ3n) is 8.91. The van der Waals surface area contributed by atoms with Gasteiger partial charge < -0.3 is 18.8 Å². The summed E-state index contributed by atoms with van der Waals surface area (Å²) >= 11 is 0. The molecule has 0 amide bonds. The van der Waals surface area contributed by atoms with Crippen LogP contribution >= 0.6 is 0 Å². The van der Waals surface area contributed by atoms with Gasteiger partial charge in [0.15, 0.2) is 12.0 Å². The van der Waals surface area contributed by atoms with Crippen molar-refractivity contribution in [3.8, 4) is 11.9 Å². The van der Waals surface area contributed by atoms with E-state index in [1.807, 2.05) is 43.3 Å². The monoisotopic (exact) mass is 537 g/mol. The smallest absolute Gasteiger partial charge is 0.227 e. The van der Waals surface area contributed by atoms with Crippen molar-refractivity contribution in [2.75, 3.05) is 24.6 Å². The minimum atomic E-state index is 0.180. The standard InChI is InChI=1S/C31H31N5O4/c1-20-13-21(16-32)5-6-22(20)19-39-28-4-2-3-27(34-28)35-10-8-31(9-11-35)15-25(31)29-33-26-14-24(18-37)40-30(26)36(29)17-23-7-12-38-23/h2-6,13-14,18,23,25H,7-12,15,17,19H2,1H3. The molecular weight excluding hydrogens is 506 g/mol. The highest BCUT2D eigenvalue weighted by Crippen LogP contribution is 2.65. The number of benzene rings is 1. The molecule has 2 atom stereocenters. The number of hydrogen-bond acceptors (Lipinski definition) is 8. The lowest BCUT2D eigenvalue weighted by molar-refractivity contribution is -0.0593. The molecule has 3 aliphatic rings. The summed E-state index contributed by atoms with van der Waals surface area (Å²) in [6, 6.07) is 15.5. The van der Waals surface area contributed by atoms with Crippen LogP contribution in [0.3, 0.4) is 0 Å². The Balaban J connectivity index is 1.02. The van der Waals surface area contributed by atoms with Crippen LogP contribution in [0.4, 0.5) is 5.82 Å². The Hall–Kier alpha value is -4.16. The highest BCUT2D eigenvalue weighted by molar-refractivity contribution is 5.81. The summed E-state index contributed by atoms with van der Waals surface area (Å²) in [6.45, 7) is 5.78. The van der Waals surface area contributed by atoms with Crippen molar-refractivity contribution in [3.63, 3.8) is 0 Å². The number of pyridine rings is 1. The number of aromatic nitrogens is 3. The Bertz CT molecular complexity index is 1620. The molecule has 0 N–H and O–H groups in total. The van der Waals surface area contributed by atoms with Gasteiger partial charge in [-0.3, -0.25) is 9.36 Å². The van der Waals surface area contributed by atoms with E-state index in [1.165, 1.54) is 0 Å². The molecule has 5 heterocycles. The second-order valence-corrected chi connectivity index (χ2v) is 11.3. The van der Waals surface area contributed by atoms with E-state index in [1.54, 1.807) is 6.07 Å². The van der Waals surface area contributed by atoms with Crippen molar-refractivity contribution in [2.45, 2.75) is 57.8 Å². The number of carbonyl (C=O) groups is 1. The number of carbonyl (C=O) groups excluding carboxylic acids is 1. The highest BCUT2D eigenvalue weighted by atomic mass is 16.5. The molecule has 2 unspecified atom stereocenters. The average molecular weight is 538 g/mol. The molecule has 1 spiro atoms. The van der Waals surface area contributed by atoms with E-state index in [-0.39, 0.29) is 11.5 Å². The van der Waals surface area contributed by atoms with Crippen LogP contribution in [0.25, 0.3) is 11.2 Å². The van der Waals surface area contributed by atoms with Gasteiger partial charge in [0, 0.05) is 37.7 Å². The number of piperidine rings is 1. The Morgan fingerprint density at radius 2 is 2.05 bits per heavy atom. The van der Waals surface area contributed by atoms with Gasteiger partial charge in [0.25, 0.3) is 0 Å². The number of hydrogen-bond donors (Lipinski definition) is 0. The summed E-state index contributed by atoms with van der Waals surface area (Å²) in [5.74, 6) is 3.31. The topological polar surface area (TPSA) is 106 Å². The lowest BCUT2D eigenvalue weighted by Gasteiger charge is -2.34. The minimum Gasteiger partial charge on any atom is -0.473 e. The molecule has 9 nitrogen and oxygen atoms in total. The van der Waals surface area contributed by atoms with E-state index in [0.717, 1.165) is 86.5 Å². The summed E-state index contributed by atoms with van der Waals surface area (Å²) in [7, 11) is 0. The van der Waals surface area contributed by atoms with E-state index in [0.29, 0.717) is 35.4 Å². The molecule has 3 aromatic heterocycles. The number of nitrogens with zero attached hydrogens (tertiary/aromatic N) is 5. The van der Waals surface area contributed by atoms with Gasteiger partial charge in [-0.2, -0.15) is 10.2 Å². The summed E-state index contributed by atoms with van der Waals surface area (Å²) in [5, 5.41) is 9.10. The van der Waals surface area contributed by atoms with Gasteiger partial charge in [0.2, 0.25) is 11.6 Å². The average Bonchev–Trinajstić information content (AvgIpc) is 3.31. The van der Waals surface area contributed by atoms with Crippen molar-refractivity contribution in [1.29, 1.82) is 5.26 Å². The number of furan rings is 1. The van der Waals surface area contributed by atoms with Crippen molar-refractivity contribution < 1.29 is 18.7 Å². The van der Waals surface area contributed by atoms with E-state index in [2.05, 4.69) is 15.5 Å². The zero-order chi connectivity index (χ0) is 27.3. The molecule has 1 saturated carbocycles. The molecule has 1 aliphatic carbocycles. The predicted molar refractivity (Wildman–Crippen MR) is 147 cm³/mol. The molecule has 4 aromatic rings. The second-order valence-electron chi connectivity index (χ2n) is 11.3. The van der Waals surface area contributed by atoms with E-state index in [4.69, 9.17) is 29.1 Å². The Labute approximate surface area is 232 Å². The Morgan fingerprint density at radius 3 is 2.77 bits per heavy atom. The number of aldehydes is 1. The van der Waals surface area contributed by atoms with Crippen LogP contribution < -0.4 is 9.64 Å². The van der Waals surface area contributed by atoms with E-state index >= 15 is 0 Å². The summed E-state index contributed by atoms with van der Waals surface area (Å²) < 4.78 is 19.7. The molecule has 2 aliphatic heterocycles. The maximum Gasteiger partial charge on any atom is 0.227 e. The number of anilines is 1. The predicted octanol–water partition coefficient (Wildman–Crippen LogP) is 5.16. The zero-order valence-electron chi connectivity index (χ0n) is 22.5. The van der Waals surface area contributed by atoms with Gasteiger partial charge in [0.05, 0.1) is 24.3 Å². The second kappa shape index (κ2) is 9.79. The molecule has 2 saturated heterocycles. The van der Waals surface area contributed by atoms with Crippen LogP contribution in [0.5, 0.6) is 5.88 Å². The first-order chi connectivity index (χ1) is 19.5. The lowest BCUT2D eigenvalue weighted by Crippen LogP contribution is -2.36. The van der Waals surface area contributed by atoms with Crippen molar-refractivity contribution in [3.05, 3.63) is 70.7 Å². The molecule has 0 bridgehead atoms. The largest absolute Gasteiger partial charge is 0.473 e.